The summed E-state index contributed by atoms with van der Waals surface area (Å²) in [6, 6.07) is 15.3. The molecular weight excluding hydrogens is 333 g/mol. The van der Waals surface area contributed by atoms with Crippen molar-refractivity contribution in [3.8, 4) is 11.1 Å². The summed E-state index contributed by atoms with van der Waals surface area (Å²) in [5.74, 6) is -0.449. The Balaban J connectivity index is 1.76. The summed E-state index contributed by atoms with van der Waals surface area (Å²) in [6.45, 7) is 0.403. The summed E-state index contributed by atoms with van der Waals surface area (Å²) >= 11 is 7.30. The third-order valence-electron chi connectivity index (χ3n) is 3.37. The van der Waals surface area contributed by atoms with Crippen LogP contribution in [-0.2, 0) is 6.54 Å². The average molecular weight is 346 g/mol. The third-order valence-corrected chi connectivity index (χ3v) is 4.52. The zero-order chi connectivity index (χ0) is 16.2. The lowest BCUT2D eigenvalue weighted by Gasteiger charge is -2.07. The van der Waals surface area contributed by atoms with E-state index in [1.165, 1.54) is 23.5 Å². The topological polar surface area (TPSA) is 29.1 Å². The minimum absolute atomic E-state index is 0.153. The van der Waals surface area contributed by atoms with E-state index in [-0.39, 0.29) is 11.7 Å². The van der Waals surface area contributed by atoms with Crippen LogP contribution in [0.15, 0.2) is 60.0 Å². The number of rotatable bonds is 4. The number of carbonyl (C=O) groups excluding carboxylic acids is 1. The zero-order valence-corrected chi connectivity index (χ0v) is 13.6. The second kappa shape index (κ2) is 6.94. The Bertz CT molecular complexity index is 829. The SMILES string of the molecule is O=C(NCc1cccc(Cl)c1)c1sccc1-c1ccc(F)cc1. The van der Waals surface area contributed by atoms with Gasteiger partial charge in [-0.15, -0.1) is 11.3 Å². The van der Waals surface area contributed by atoms with Gasteiger partial charge in [-0.25, -0.2) is 4.39 Å². The van der Waals surface area contributed by atoms with Gasteiger partial charge in [-0.3, -0.25) is 4.79 Å². The Hall–Kier alpha value is -2.17. The minimum atomic E-state index is -0.295. The van der Waals surface area contributed by atoms with E-state index in [0.717, 1.165) is 16.7 Å². The van der Waals surface area contributed by atoms with Gasteiger partial charge in [0, 0.05) is 17.1 Å². The van der Waals surface area contributed by atoms with Gasteiger partial charge in [-0.2, -0.15) is 0 Å². The molecule has 3 rings (SSSR count). The first kappa shape index (κ1) is 15.7. The van der Waals surface area contributed by atoms with Gasteiger partial charge in [-0.05, 0) is 46.8 Å². The molecule has 0 bridgehead atoms. The number of thiophene rings is 1. The molecule has 0 radical (unpaired) electrons. The van der Waals surface area contributed by atoms with E-state index in [4.69, 9.17) is 11.6 Å². The van der Waals surface area contributed by atoms with Crippen molar-refractivity contribution < 1.29 is 9.18 Å². The van der Waals surface area contributed by atoms with Crippen LogP contribution in [0.4, 0.5) is 4.39 Å². The number of carbonyl (C=O) groups is 1. The predicted octanol–water partition coefficient (Wildman–Crippen LogP) is 5.14. The zero-order valence-electron chi connectivity index (χ0n) is 12.1. The summed E-state index contributed by atoms with van der Waals surface area (Å²) in [6.07, 6.45) is 0. The van der Waals surface area contributed by atoms with Crippen LogP contribution in [-0.4, -0.2) is 5.91 Å². The second-order valence-electron chi connectivity index (χ2n) is 4.98. The van der Waals surface area contributed by atoms with Crippen molar-refractivity contribution >= 4 is 28.8 Å². The Morgan fingerprint density at radius 3 is 2.65 bits per heavy atom. The van der Waals surface area contributed by atoms with Crippen LogP contribution >= 0.6 is 22.9 Å². The van der Waals surface area contributed by atoms with Gasteiger partial charge in [0.05, 0.1) is 4.88 Å². The summed E-state index contributed by atoms with van der Waals surface area (Å²) < 4.78 is 13.0. The number of hydrogen-bond donors (Lipinski definition) is 1. The highest BCUT2D eigenvalue weighted by atomic mass is 35.5. The highest BCUT2D eigenvalue weighted by Gasteiger charge is 2.14. The van der Waals surface area contributed by atoms with Crippen LogP contribution in [0.1, 0.15) is 15.2 Å². The molecule has 0 aliphatic carbocycles. The van der Waals surface area contributed by atoms with Gasteiger partial charge in [0.15, 0.2) is 0 Å². The third kappa shape index (κ3) is 3.78. The van der Waals surface area contributed by atoms with Crippen LogP contribution in [0.3, 0.4) is 0 Å². The van der Waals surface area contributed by atoms with Crippen molar-refractivity contribution in [1.29, 1.82) is 0 Å². The van der Waals surface area contributed by atoms with E-state index in [9.17, 15) is 9.18 Å². The normalized spacial score (nSPS) is 10.5. The fourth-order valence-corrected chi connectivity index (χ4v) is 3.30. The van der Waals surface area contributed by atoms with Crippen LogP contribution < -0.4 is 5.32 Å². The van der Waals surface area contributed by atoms with Crippen LogP contribution in [0, 0.1) is 5.82 Å². The lowest BCUT2D eigenvalue weighted by molar-refractivity contribution is 0.0955. The van der Waals surface area contributed by atoms with E-state index in [1.54, 1.807) is 18.2 Å². The molecule has 23 heavy (non-hydrogen) atoms. The summed E-state index contributed by atoms with van der Waals surface area (Å²) in [7, 11) is 0. The van der Waals surface area contributed by atoms with Gasteiger partial charge >= 0.3 is 0 Å². The Labute approximate surface area is 142 Å². The smallest absolute Gasteiger partial charge is 0.262 e. The number of hydrogen-bond acceptors (Lipinski definition) is 2. The molecule has 0 saturated heterocycles. The second-order valence-corrected chi connectivity index (χ2v) is 6.34. The van der Waals surface area contributed by atoms with Gasteiger partial charge in [0.2, 0.25) is 0 Å². The average Bonchev–Trinajstić information content (AvgIpc) is 3.03. The monoisotopic (exact) mass is 345 g/mol. The maximum atomic E-state index is 13.0. The quantitative estimate of drug-likeness (QED) is 0.697. The first-order chi connectivity index (χ1) is 11.1. The molecule has 0 saturated carbocycles. The van der Waals surface area contributed by atoms with Gasteiger partial charge in [-0.1, -0.05) is 35.9 Å². The molecule has 1 heterocycles. The molecule has 5 heteroatoms. The molecule has 116 valence electrons. The number of amides is 1. The molecule has 0 unspecified atom stereocenters. The number of benzene rings is 2. The summed E-state index contributed by atoms with van der Waals surface area (Å²) in [4.78, 5) is 13.0. The molecule has 0 aliphatic heterocycles. The van der Waals surface area contributed by atoms with E-state index in [1.807, 2.05) is 29.6 Å². The highest BCUT2D eigenvalue weighted by molar-refractivity contribution is 7.12. The Morgan fingerprint density at radius 2 is 1.91 bits per heavy atom. The van der Waals surface area contributed by atoms with Gasteiger partial charge < -0.3 is 5.32 Å². The van der Waals surface area contributed by atoms with Gasteiger partial charge in [0.25, 0.3) is 5.91 Å². The van der Waals surface area contributed by atoms with E-state index in [0.29, 0.717) is 16.4 Å². The fraction of sp³-hybridized carbons (Fsp3) is 0.0556. The lowest BCUT2D eigenvalue weighted by Crippen LogP contribution is -2.22. The fourth-order valence-electron chi connectivity index (χ4n) is 2.25. The van der Waals surface area contributed by atoms with Crippen LogP contribution in [0.5, 0.6) is 0 Å². The number of nitrogens with one attached hydrogen (secondary N) is 1. The maximum absolute atomic E-state index is 13.0. The highest BCUT2D eigenvalue weighted by Crippen LogP contribution is 2.28. The molecule has 1 aromatic heterocycles. The van der Waals surface area contributed by atoms with E-state index < -0.39 is 0 Å². The molecule has 2 nitrogen and oxygen atoms in total. The van der Waals surface area contributed by atoms with Crippen molar-refractivity contribution in [3.63, 3.8) is 0 Å². The molecule has 0 atom stereocenters. The Morgan fingerprint density at radius 1 is 1.13 bits per heavy atom. The maximum Gasteiger partial charge on any atom is 0.262 e. The van der Waals surface area contributed by atoms with Crippen molar-refractivity contribution in [1.82, 2.24) is 5.32 Å². The first-order valence-corrected chi connectivity index (χ1v) is 8.25. The summed E-state index contributed by atoms with van der Waals surface area (Å²) in [5.41, 5.74) is 2.56. The van der Waals surface area contributed by atoms with Crippen molar-refractivity contribution in [3.05, 3.63) is 81.3 Å². The predicted molar refractivity (Wildman–Crippen MR) is 92.3 cm³/mol. The van der Waals surface area contributed by atoms with Gasteiger partial charge in [0.1, 0.15) is 5.82 Å². The Kier molecular flexibility index (Phi) is 4.74. The van der Waals surface area contributed by atoms with E-state index in [2.05, 4.69) is 5.32 Å². The van der Waals surface area contributed by atoms with Crippen LogP contribution in [0.2, 0.25) is 5.02 Å². The van der Waals surface area contributed by atoms with Crippen molar-refractivity contribution in [2.24, 2.45) is 0 Å². The van der Waals surface area contributed by atoms with Crippen molar-refractivity contribution in [2.45, 2.75) is 6.54 Å². The molecule has 0 spiro atoms. The standard InChI is InChI=1S/C18H13ClFNOS/c19-14-3-1-2-12(10-14)11-21-18(22)17-16(8-9-23-17)13-4-6-15(20)7-5-13/h1-10H,11H2,(H,21,22). The molecule has 1 amide bonds. The largest absolute Gasteiger partial charge is 0.347 e. The minimum Gasteiger partial charge on any atom is -0.347 e. The molecular formula is C18H13ClFNOS. The molecule has 0 fully saturated rings. The molecule has 1 N–H and O–H groups in total. The van der Waals surface area contributed by atoms with Crippen LogP contribution in [0.25, 0.3) is 11.1 Å². The molecule has 2 aromatic carbocycles. The van der Waals surface area contributed by atoms with Crippen molar-refractivity contribution in [2.75, 3.05) is 0 Å². The lowest BCUT2D eigenvalue weighted by atomic mass is 10.1. The first-order valence-electron chi connectivity index (χ1n) is 6.99. The summed E-state index contributed by atoms with van der Waals surface area (Å²) in [5, 5.41) is 5.38. The number of halogens is 2. The molecule has 3 aromatic rings. The van der Waals surface area contributed by atoms with E-state index >= 15 is 0 Å². The molecule has 0 aliphatic rings.